The van der Waals surface area contributed by atoms with E-state index in [0.29, 0.717) is 5.56 Å². The molecule has 18 heavy (non-hydrogen) atoms. The van der Waals surface area contributed by atoms with E-state index in [2.05, 4.69) is 0 Å². The first-order valence-electron chi connectivity index (χ1n) is 6.19. The number of Topliss-reactive ketones (excluding diaryl/α,β-unsaturated/α-hetero) is 1. The summed E-state index contributed by atoms with van der Waals surface area (Å²) in [6.45, 7) is 7.59. The largest absolute Gasteiger partial charge is 0.293 e. The number of ketones is 1. The molecule has 0 saturated heterocycles. The smallest absolute Gasteiger partial charge is 0.189 e. The van der Waals surface area contributed by atoms with Crippen LogP contribution in [0.3, 0.4) is 0 Å². The van der Waals surface area contributed by atoms with E-state index >= 15 is 0 Å². The molecule has 1 aliphatic rings. The minimum absolute atomic E-state index is 0.197. The van der Waals surface area contributed by atoms with Crippen LogP contribution in [-0.4, -0.2) is 19.5 Å². The van der Waals surface area contributed by atoms with E-state index in [0.717, 1.165) is 5.56 Å². The molecule has 0 spiro atoms. The monoisotopic (exact) mass is 266 g/mol. The first kappa shape index (κ1) is 13.3. The van der Waals surface area contributed by atoms with Gasteiger partial charge in [-0.25, -0.2) is 8.42 Å². The molecular formula is C14H18O3S. The van der Waals surface area contributed by atoms with Gasteiger partial charge in [0.25, 0.3) is 0 Å². The zero-order valence-electron chi connectivity index (χ0n) is 11.1. The van der Waals surface area contributed by atoms with Crippen LogP contribution in [0.1, 0.15) is 49.5 Å². The van der Waals surface area contributed by atoms with Crippen LogP contribution in [0, 0.1) is 5.92 Å². The van der Waals surface area contributed by atoms with Gasteiger partial charge < -0.3 is 0 Å². The highest BCUT2D eigenvalue weighted by atomic mass is 32.2. The number of benzene rings is 1. The van der Waals surface area contributed by atoms with E-state index in [9.17, 15) is 13.2 Å². The molecular weight excluding hydrogens is 248 g/mol. The van der Waals surface area contributed by atoms with E-state index in [1.807, 2.05) is 13.8 Å². The topological polar surface area (TPSA) is 51.2 Å². The Bertz CT molecular complexity index is 597. The van der Waals surface area contributed by atoms with Gasteiger partial charge in [-0.05, 0) is 29.5 Å². The fourth-order valence-corrected chi connectivity index (χ4v) is 4.56. The van der Waals surface area contributed by atoms with Crippen molar-refractivity contribution in [1.29, 1.82) is 0 Å². The average molecular weight is 266 g/mol. The summed E-state index contributed by atoms with van der Waals surface area (Å²) in [7, 11) is -3.49. The number of sulfone groups is 1. The Kier molecular flexibility index (Phi) is 3.09. The minimum Gasteiger partial charge on any atom is -0.293 e. The fourth-order valence-electron chi connectivity index (χ4n) is 2.44. The maximum Gasteiger partial charge on any atom is 0.189 e. The third-order valence-electron chi connectivity index (χ3n) is 3.44. The minimum atomic E-state index is -3.49. The van der Waals surface area contributed by atoms with E-state index < -0.39 is 15.1 Å². The van der Waals surface area contributed by atoms with Crippen LogP contribution in [0.25, 0.3) is 0 Å². The summed E-state index contributed by atoms with van der Waals surface area (Å²) >= 11 is 0. The van der Waals surface area contributed by atoms with Crippen molar-refractivity contribution in [3.8, 4) is 0 Å². The van der Waals surface area contributed by atoms with E-state index in [4.69, 9.17) is 0 Å². The lowest BCUT2D eigenvalue weighted by atomic mass is 9.96. The van der Waals surface area contributed by atoms with Crippen LogP contribution in [0.4, 0.5) is 0 Å². The molecule has 3 nitrogen and oxygen atoms in total. The Labute approximate surface area is 108 Å². The van der Waals surface area contributed by atoms with Crippen LogP contribution in [0.5, 0.6) is 0 Å². The summed E-state index contributed by atoms with van der Waals surface area (Å²) in [6.07, 6.45) is 0. The highest BCUT2D eigenvalue weighted by molar-refractivity contribution is 7.93. The normalized spacial score (nSPS) is 21.7. The highest BCUT2D eigenvalue weighted by Gasteiger charge is 2.45. The molecule has 1 aromatic rings. The molecule has 2 rings (SSSR count). The van der Waals surface area contributed by atoms with E-state index in [1.165, 1.54) is 0 Å². The predicted molar refractivity (Wildman–Crippen MR) is 70.7 cm³/mol. The van der Waals surface area contributed by atoms with Gasteiger partial charge in [-0.15, -0.1) is 0 Å². The van der Waals surface area contributed by atoms with E-state index in [-0.39, 0.29) is 22.5 Å². The molecule has 0 radical (unpaired) electrons. The zero-order chi connectivity index (χ0) is 13.7. The summed E-state index contributed by atoms with van der Waals surface area (Å²) in [4.78, 5) is 12.5. The van der Waals surface area contributed by atoms with Gasteiger partial charge in [0.15, 0.2) is 15.6 Å². The van der Waals surface area contributed by atoms with Crippen LogP contribution in [-0.2, 0) is 9.84 Å². The Balaban J connectivity index is 2.65. The molecule has 0 aromatic heterocycles. The summed E-state index contributed by atoms with van der Waals surface area (Å²) in [5.74, 6) is -0.163. The SMILES string of the molecule is CC(C)c1ccc2c(c1)C(=O)C(C(C)C)S2(=O)=O. The Morgan fingerprint density at radius 3 is 2.22 bits per heavy atom. The quantitative estimate of drug-likeness (QED) is 0.827. The van der Waals surface area contributed by atoms with Gasteiger partial charge in [-0.3, -0.25) is 4.79 Å². The van der Waals surface area contributed by atoms with Crippen molar-refractivity contribution in [3.05, 3.63) is 29.3 Å². The van der Waals surface area contributed by atoms with Crippen molar-refractivity contribution in [2.24, 2.45) is 5.92 Å². The first-order valence-corrected chi connectivity index (χ1v) is 7.73. The number of hydrogen-bond donors (Lipinski definition) is 0. The van der Waals surface area contributed by atoms with Gasteiger partial charge in [-0.1, -0.05) is 33.8 Å². The van der Waals surface area contributed by atoms with Crippen LogP contribution in [0.2, 0.25) is 0 Å². The first-order chi connectivity index (χ1) is 8.26. The van der Waals surface area contributed by atoms with Gasteiger partial charge >= 0.3 is 0 Å². The summed E-state index contributed by atoms with van der Waals surface area (Å²) in [6, 6.07) is 5.12. The molecule has 1 aromatic carbocycles. The van der Waals surface area contributed by atoms with Crippen LogP contribution >= 0.6 is 0 Å². The third-order valence-corrected chi connectivity index (χ3v) is 5.84. The Hall–Kier alpha value is -1.16. The average Bonchev–Trinajstić information content (AvgIpc) is 2.46. The van der Waals surface area contributed by atoms with Crippen molar-refractivity contribution < 1.29 is 13.2 Å². The molecule has 0 fully saturated rings. The molecule has 0 N–H and O–H groups in total. The van der Waals surface area contributed by atoms with Gasteiger partial charge in [0.05, 0.1) is 4.90 Å². The van der Waals surface area contributed by atoms with Gasteiger partial charge in [0, 0.05) is 5.56 Å². The molecule has 1 unspecified atom stereocenters. The standard InChI is InChI=1S/C14H18O3S/c1-8(2)10-5-6-12-11(7-10)13(15)14(9(3)4)18(12,16)17/h5-9,14H,1-4H3. The lowest BCUT2D eigenvalue weighted by Crippen LogP contribution is -2.28. The lowest BCUT2D eigenvalue weighted by Gasteiger charge is -2.11. The molecule has 1 aliphatic heterocycles. The number of fused-ring (bicyclic) bond motifs is 1. The molecule has 0 amide bonds. The maximum atomic E-state index is 12.3. The predicted octanol–water partition coefficient (Wildman–Crippen LogP) is 2.80. The van der Waals surface area contributed by atoms with Crippen molar-refractivity contribution in [1.82, 2.24) is 0 Å². The number of carbonyl (C=O) groups is 1. The lowest BCUT2D eigenvalue weighted by molar-refractivity contribution is 0.0976. The summed E-state index contributed by atoms with van der Waals surface area (Å²) < 4.78 is 24.6. The molecule has 1 heterocycles. The van der Waals surface area contributed by atoms with Gasteiger partial charge in [-0.2, -0.15) is 0 Å². The second-order valence-corrected chi connectivity index (χ2v) is 7.52. The Morgan fingerprint density at radius 1 is 1.11 bits per heavy atom. The highest BCUT2D eigenvalue weighted by Crippen LogP contribution is 2.36. The third kappa shape index (κ3) is 1.79. The molecule has 0 aliphatic carbocycles. The van der Waals surface area contributed by atoms with Crippen LogP contribution in [0.15, 0.2) is 23.1 Å². The number of hydrogen-bond acceptors (Lipinski definition) is 3. The molecule has 4 heteroatoms. The van der Waals surface area contributed by atoms with Crippen LogP contribution < -0.4 is 0 Å². The number of carbonyl (C=O) groups excluding carboxylic acids is 1. The molecule has 98 valence electrons. The second-order valence-electron chi connectivity index (χ2n) is 5.48. The maximum absolute atomic E-state index is 12.3. The molecule has 1 atom stereocenters. The van der Waals surface area contributed by atoms with Crippen molar-refractivity contribution in [2.45, 2.75) is 43.8 Å². The fraction of sp³-hybridized carbons (Fsp3) is 0.500. The van der Waals surface area contributed by atoms with Gasteiger partial charge in [0.1, 0.15) is 5.25 Å². The molecule has 0 saturated carbocycles. The van der Waals surface area contributed by atoms with Gasteiger partial charge in [0.2, 0.25) is 0 Å². The zero-order valence-corrected chi connectivity index (χ0v) is 11.9. The molecule has 0 bridgehead atoms. The van der Waals surface area contributed by atoms with Crippen molar-refractivity contribution >= 4 is 15.6 Å². The second kappa shape index (κ2) is 4.19. The van der Waals surface area contributed by atoms with E-state index in [1.54, 1.807) is 32.0 Å². The number of rotatable bonds is 2. The summed E-state index contributed by atoms with van der Waals surface area (Å²) in [5.41, 5.74) is 1.38. The van der Waals surface area contributed by atoms with Crippen molar-refractivity contribution in [2.75, 3.05) is 0 Å². The Morgan fingerprint density at radius 2 is 1.72 bits per heavy atom. The summed E-state index contributed by atoms with van der Waals surface area (Å²) in [5, 5.41) is -0.907. The van der Waals surface area contributed by atoms with Crippen molar-refractivity contribution in [3.63, 3.8) is 0 Å².